The highest BCUT2D eigenvalue weighted by molar-refractivity contribution is 9.10. The van der Waals surface area contributed by atoms with Gasteiger partial charge in [0.1, 0.15) is 17.2 Å². The number of benzene rings is 1. The number of pyridine rings is 1. The highest BCUT2D eigenvalue weighted by Gasteiger charge is 2.19. The Labute approximate surface area is 161 Å². The first-order chi connectivity index (χ1) is 12.2. The summed E-state index contributed by atoms with van der Waals surface area (Å²) in [6, 6.07) is 13.3. The predicted molar refractivity (Wildman–Crippen MR) is 111 cm³/mol. The summed E-state index contributed by atoms with van der Waals surface area (Å²) in [5.41, 5.74) is 3.18. The molecule has 2 heterocycles. The van der Waals surface area contributed by atoms with Crippen LogP contribution in [0.2, 0.25) is 0 Å². The molecule has 0 unspecified atom stereocenters. The monoisotopic (exact) mass is 415 g/mol. The van der Waals surface area contributed by atoms with Gasteiger partial charge in [-0.2, -0.15) is 0 Å². The van der Waals surface area contributed by atoms with E-state index < -0.39 is 0 Å². The van der Waals surface area contributed by atoms with Gasteiger partial charge in [0.25, 0.3) is 0 Å². The van der Waals surface area contributed by atoms with E-state index in [4.69, 9.17) is 4.98 Å². The van der Waals surface area contributed by atoms with Gasteiger partial charge in [0.15, 0.2) is 0 Å². The van der Waals surface area contributed by atoms with Crippen LogP contribution >= 0.6 is 27.7 Å². The number of anilines is 1. The van der Waals surface area contributed by atoms with Crippen LogP contribution in [0.5, 0.6) is 0 Å². The lowest BCUT2D eigenvalue weighted by molar-refractivity contribution is 0.462. The summed E-state index contributed by atoms with van der Waals surface area (Å²) in [6.07, 6.45) is 10.7. The Morgan fingerprint density at radius 1 is 1.08 bits per heavy atom. The number of hydrogen-bond acceptors (Lipinski definition) is 3. The van der Waals surface area contributed by atoms with Crippen LogP contribution in [0.4, 0.5) is 5.82 Å². The molecule has 4 rings (SSSR count). The van der Waals surface area contributed by atoms with Gasteiger partial charge in [0, 0.05) is 27.2 Å². The summed E-state index contributed by atoms with van der Waals surface area (Å²) in [6.45, 7) is 0. The van der Waals surface area contributed by atoms with E-state index in [2.05, 4.69) is 68.4 Å². The third-order valence-electron chi connectivity index (χ3n) is 4.89. The summed E-state index contributed by atoms with van der Waals surface area (Å²) in [7, 11) is 0. The van der Waals surface area contributed by atoms with Gasteiger partial charge in [-0.15, -0.1) is 11.8 Å². The number of nitrogens with one attached hydrogen (secondary N) is 1. The predicted octanol–water partition coefficient (Wildman–Crippen LogP) is 6.23. The first-order valence-corrected chi connectivity index (χ1v) is 10.8. The summed E-state index contributed by atoms with van der Waals surface area (Å²) >= 11 is 5.36. The van der Waals surface area contributed by atoms with Crippen molar-refractivity contribution in [1.29, 1.82) is 0 Å². The molecule has 0 atom stereocenters. The first-order valence-electron chi connectivity index (χ1n) is 8.83. The molecule has 0 radical (unpaired) electrons. The van der Waals surface area contributed by atoms with Crippen LogP contribution < -0.4 is 5.32 Å². The molecule has 3 aromatic rings. The van der Waals surface area contributed by atoms with E-state index in [9.17, 15) is 0 Å². The number of hydrogen-bond donors (Lipinski definition) is 1. The number of nitrogens with zero attached hydrogens (tertiary/aromatic N) is 2. The number of halogens is 1. The molecule has 1 N–H and O–H groups in total. The highest BCUT2D eigenvalue weighted by atomic mass is 79.9. The Morgan fingerprint density at radius 2 is 1.84 bits per heavy atom. The van der Waals surface area contributed by atoms with Crippen LogP contribution in [-0.4, -0.2) is 21.7 Å². The smallest absolute Gasteiger partial charge is 0.139 e. The quantitative estimate of drug-likeness (QED) is 0.511. The molecule has 0 bridgehead atoms. The Hall–Kier alpha value is -1.46. The Bertz CT molecular complexity index is 867. The molecule has 0 amide bonds. The molecule has 1 aromatic carbocycles. The van der Waals surface area contributed by atoms with Gasteiger partial charge in [-0.3, -0.25) is 4.40 Å². The number of thioether (sulfide) groups is 1. The van der Waals surface area contributed by atoms with Gasteiger partial charge in [0.05, 0.1) is 0 Å². The van der Waals surface area contributed by atoms with Crippen LogP contribution in [0.3, 0.4) is 0 Å². The molecule has 0 aliphatic heterocycles. The van der Waals surface area contributed by atoms with Crippen LogP contribution in [-0.2, 0) is 0 Å². The van der Waals surface area contributed by atoms with Crippen molar-refractivity contribution in [2.24, 2.45) is 0 Å². The molecule has 130 valence electrons. The number of rotatable bonds is 4. The maximum absolute atomic E-state index is 4.92. The third kappa shape index (κ3) is 3.58. The fourth-order valence-electron chi connectivity index (χ4n) is 3.55. The van der Waals surface area contributed by atoms with E-state index in [1.54, 1.807) is 11.8 Å². The van der Waals surface area contributed by atoms with E-state index in [1.165, 1.54) is 37.0 Å². The summed E-state index contributed by atoms with van der Waals surface area (Å²) in [5, 5.41) is 3.80. The van der Waals surface area contributed by atoms with Gasteiger partial charge < -0.3 is 5.32 Å². The molecule has 1 aliphatic rings. The maximum Gasteiger partial charge on any atom is 0.139 e. The molecule has 1 fully saturated rings. The molecule has 3 nitrogen and oxygen atoms in total. The van der Waals surface area contributed by atoms with Gasteiger partial charge in [-0.1, -0.05) is 31.4 Å². The van der Waals surface area contributed by atoms with Gasteiger partial charge in [-0.25, -0.2) is 4.98 Å². The second-order valence-corrected chi connectivity index (χ2v) is 8.39. The normalized spacial score (nSPS) is 15.6. The largest absolute Gasteiger partial charge is 0.367 e. The lowest BCUT2D eigenvalue weighted by atomic mass is 9.95. The van der Waals surface area contributed by atoms with Crippen LogP contribution in [0.25, 0.3) is 16.9 Å². The van der Waals surface area contributed by atoms with E-state index >= 15 is 0 Å². The van der Waals surface area contributed by atoms with Crippen molar-refractivity contribution in [2.45, 2.75) is 43.0 Å². The average molecular weight is 416 g/mol. The maximum atomic E-state index is 4.92. The summed E-state index contributed by atoms with van der Waals surface area (Å²) in [5.74, 6) is 1.11. The molecular weight excluding hydrogens is 394 g/mol. The zero-order valence-electron chi connectivity index (χ0n) is 14.3. The lowest BCUT2D eigenvalue weighted by Gasteiger charge is -2.24. The zero-order chi connectivity index (χ0) is 17.2. The van der Waals surface area contributed by atoms with Crippen LogP contribution in [0.1, 0.15) is 32.1 Å². The van der Waals surface area contributed by atoms with Crippen molar-refractivity contribution in [2.75, 3.05) is 11.6 Å². The van der Waals surface area contributed by atoms with Crippen molar-refractivity contribution in [3.63, 3.8) is 0 Å². The minimum atomic E-state index is 0.539. The van der Waals surface area contributed by atoms with E-state index in [0.29, 0.717) is 6.04 Å². The standard InChI is InChI=1S/C20H22BrN3S/c1-25-17-10-7-14(8-11-17)19-20(22-16-5-3-2-4-6-16)24-13-15(21)9-12-18(24)23-19/h7-13,16,22H,2-6H2,1H3. The molecular formula is C20H22BrN3S. The summed E-state index contributed by atoms with van der Waals surface area (Å²) < 4.78 is 3.24. The van der Waals surface area contributed by atoms with Gasteiger partial charge in [0.2, 0.25) is 0 Å². The molecule has 25 heavy (non-hydrogen) atoms. The summed E-state index contributed by atoms with van der Waals surface area (Å²) in [4.78, 5) is 6.19. The minimum Gasteiger partial charge on any atom is -0.367 e. The number of fused-ring (bicyclic) bond motifs is 1. The fourth-order valence-corrected chi connectivity index (χ4v) is 4.29. The fraction of sp³-hybridized carbons (Fsp3) is 0.350. The SMILES string of the molecule is CSc1ccc(-c2nc3ccc(Br)cn3c2NC2CCCCC2)cc1. The highest BCUT2D eigenvalue weighted by Crippen LogP contribution is 2.33. The zero-order valence-corrected chi connectivity index (χ0v) is 16.7. The Kier molecular flexibility index (Phi) is 5.04. The van der Waals surface area contributed by atoms with Gasteiger partial charge in [-0.05, 0) is 59.3 Å². The molecule has 0 saturated heterocycles. The van der Waals surface area contributed by atoms with Crippen molar-refractivity contribution in [3.05, 3.63) is 47.1 Å². The van der Waals surface area contributed by atoms with Crippen molar-refractivity contribution in [3.8, 4) is 11.3 Å². The van der Waals surface area contributed by atoms with Crippen LogP contribution in [0, 0.1) is 0 Å². The lowest BCUT2D eigenvalue weighted by Crippen LogP contribution is -2.23. The topological polar surface area (TPSA) is 29.3 Å². The van der Waals surface area contributed by atoms with E-state index in [1.807, 2.05) is 6.07 Å². The molecule has 1 saturated carbocycles. The first kappa shape index (κ1) is 17.0. The van der Waals surface area contributed by atoms with Gasteiger partial charge >= 0.3 is 0 Å². The van der Waals surface area contributed by atoms with Crippen LogP contribution in [0.15, 0.2) is 52.0 Å². The molecule has 0 spiro atoms. The average Bonchev–Trinajstić information content (AvgIpc) is 3.00. The van der Waals surface area contributed by atoms with Crippen molar-refractivity contribution in [1.82, 2.24) is 9.38 Å². The Balaban J connectivity index is 1.79. The van der Waals surface area contributed by atoms with E-state index in [0.717, 1.165) is 27.2 Å². The Morgan fingerprint density at radius 3 is 2.56 bits per heavy atom. The number of imidazole rings is 1. The van der Waals surface area contributed by atoms with Crippen molar-refractivity contribution < 1.29 is 0 Å². The molecule has 1 aliphatic carbocycles. The second kappa shape index (κ2) is 7.42. The minimum absolute atomic E-state index is 0.539. The van der Waals surface area contributed by atoms with E-state index in [-0.39, 0.29) is 0 Å². The third-order valence-corrected chi connectivity index (χ3v) is 6.10. The number of aromatic nitrogens is 2. The van der Waals surface area contributed by atoms with Crippen molar-refractivity contribution >= 4 is 39.2 Å². The molecule has 5 heteroatoms. The second-order valence-electron chi connectivity index (χ2n) is 6.59. The molecule has 2 aromatic heterocycles.